The fraction of sp³-hybridized carbons (Fsp3) is 0.138. The van der Waals surface area contributed by atoms with E-state index in [1.54, 1.807) is 19.1 Å². The van der Waals surface area contributed by atoms with Gasteiger partial charge in [-0.05, 0) is 85.6 Å². The van der Waals surface area contributed by atoms with Gasteiger partial charge in [-0.2, -0.15) is 13.7 Å². The van der Waals surface area contributed by atoms with Crippen LogP contribution in [0, 0.1) is 11.3 Å². The normalized spacial score (nSPS) is 11.2. The third-order valence-electron chi connectivity index (χ3n) is 5.35. The zero-order valence-corrected chi connectivity index (χ0v) is 23.2. The first-order valence-corrected chi connectivity index (χ1v) is 13.6. The first kappa shape index (κ1) is 30.0. The van der Waals surface area contributed by atoms with Crippen LogP contribution in [0.5, 0.6) is 11.5 Å². The molecule has 11 heteroatoms. The van der Waals surface area contributed by atoms with Crippen LogP contribution in [0.15, 0.2) is 83.8 Å². The van der Waals surface area contributed by atoms with E-state index in [1.165, 1.54) is 67.8 Å². The Hall–Kier alpha value is -4.59. The van der Waals surface area contributed by atoms with Crippen LogP contribution >= 0.6 is 11.6 Å². The second-order valence-corrected chi connectivity index (χ2v) is 10.1. The molecule has 1 amide bonds. The lowest BCUT2D eigenvalue weighted by atomic mass is 10.0. The molecule has 0 unspecified atom stereocenters. The highest BCUT2D eigenvalue weighted by molar-refractivity contribution is 7.87. The summed E-state index contributed by atoms with van der Waals surface area (Å²) in [6, 6.07) is 16.4. The van der Waals surface area contributed by atoms with Gasteiger partial charge in [-0.15, -0.1) is 6.58 Å². The number of allylic oxidation sites excluding steroid dienone is 1. The largest absolute Gasteiger partial charge is 0.490 e. The molecule has 0 bridgehead atoms. The maximum Gasteiger partial charge on any atom is 0.339 e. The standard InChI is InChI=1S/C29H25ClN2O7S/c1-4-6-21-15-19(16-22(18-31)28(33)32-24-11-7-20(8-12-24)29(34)37-3)17-26(38-5-2)27(21)39-40(35,36)25-13-9-23(30)10-14-25/h4,7-17H,1,5-6H2,2-3H3,(H,32,33)/b22-16+. The summed E-state index contributed by atoms with van der Waals surface area (Å²) < 4.78 is 41.8. The van der Waals surface area contributed by atoms with Gasteiger partial charge in [0.05, 0.1) is 19.3 Å². The maximum absolute atomic E-state index is 13.0. The number of nitrogens with one attached hydrogen (secondary N) is 1. The van der Waals surface area contributed by atoms with E-state index in [0.29, 0.717) is 27.4 Å². The number of amides is 1. The Labute approximate surface area is 237 Å². The molecule has 1 N–H and O–H groups in total. The van der Waals surface area contributed by atoms with Crippen LogP contribution in [0.3, 0.4) is 0 Å². The van der Waals surface area contributed by atoms with Gasteiger partial charge in [0.1, 0.15) is 16.5 Å². The molecule has 3 rings (SSSR count). The summed E-state index contributed by atoms with van der Waals surface area (Å²) in [5.74, 6) is -1.16. The smallest absolute Gasteiger partial charge is 0.339 e. The monoisotopic (exact) mass is 580 g/mol. The minimum atomic E-state index is -4.24. The SMILES string of the molecule is C=CCc1cc(/C=C(\C#N)C(=O)Nc2ccc(C(=O)OC)cc2)cc(OCC)c1OS(=O)(=O)c1ccc(Cl)cc1. The Kier molecular flexibility index (Phi) is 10.1. The number of hydrogen-bond acceptors (Lipinski definition) is 8. The molecule has 0 aliphatic heterocycles. The molecule has 3 aromatic rings. The number of benzene rings is 3. The lowest BCUT2D eigenvalue weighted by Gasteiger charge is -2.16. The molecule has 40 heavy (non-hydrogen) atoms. The third-order valence-corrected chi connectivity index (χ3v) is 6.84. The van der Waals surface area contributed by atoms with Crippen LogP contribution < -0.4 is 14.2 Å². The second kappa shape index (κ2) is 13.5. The van der Waals surface area contributed by atoms with E-state index in [4.69, 9.17) is 20.5 Å². The molecule has 3 aromatic carbocycles. The Morgan fingerprint density at radius 3 is 2.35 bits per heavy atom. The van der Waals surface area contributed by atoms with Gasteiger partial charge < -0.3 is 19.0 Å². The van der Waals surface area contributed by atoms with E-state index in [2.05, 4.69) is 16.6 Å². The van der Waals surface area contributed by atoms with Crippen molar-refractivity contribution in [2.24, 2.45) is 0 Å². The van der Waals surface area contributed by atoms with Crippen molar-refractivity contribution >= 4 is 45.4 Å². The van der Waals surface area contributed by atoms with Crippen molar-refractivity contribution in [1.29, 1.82) is 5.26 Å². The number of hydrogen-bond donors (Lipinski definition) is 1. The Morgan fingerprint density at radius 2 is 1.77 bits per heavy atom. The Bertz CT molecular complexity index is 1590. The van der Waals surface area contributed by atoms with Crippen molar-refractivity contribution in [3.8, 4) is 17.6 Å². The van der Waals surface area contributed by atoms with Gasteiger partial charge in [0.15, 0.2) is 11.5 Å². The summed E-state index contributed by atoms with van der Waals surface area (Å²) in [7, 11) is -2.98. The van der Waals surface area contributed by atoms with Crippen LogP contribution in [-0.2, 0) is 26.1 Å². The number of carbonyl (C=O) groups excluding carboxylic acids is 2. The summed E-state index contributed by atoms with van der Waals surface area (Å²) in [4.78, 5) is 24.3. The molecular formula is C29H25ClN2O7S. The van der Waals surface area contributed by atoms with Crippen LogP contribution in [-0.4, -0.2) is 34.0 Å². The topological polar surface area (TPSA) is 132 Å². The highest BCUT2D eigenvalue weighted by Crippen LogP contribution is 2.37. The molecule has 206 valence electrons. The van der Waals surface area contributed by atoms with E-state index in [9.17, 15) is 23.3 Å². The molecule has 0 saturated carbocycles. The number of methoxy groups -OCH3 is 1. The van der Waals surface area contributed by atoms with Crippen molar-refractivity contribution in [2.75, 3.05) is 19.0 Å². The molecule has 0 saturated heterocycles. The number of ether oxygens (including phenoxy) is 2. The van der Waals surface area contributed by atoms with Crippen molar-refractivity contribution in [3.63, 3.8) is 0 Å². The quantitative estimate of drug-likeness (QED) is 0.102. The summed E-state index contributed by atoms with van der Waals surface area (Å²) in [6.07, 6.45) is 3.09. The van der Waals surface area contributed by atoms with E-state index in [1.807, 2.05) is 6.07 Å². The van der Waals surface area contributed by atoms with Gasteiger partial charge in [0.2, 0.25) is 0 Å². The summed E-state index contributed by atoms with van der Waals surface area (Å²) in [6.45, 7) is 5.62. The molecule has 0 fully saturated rings. The van der Waals surface area contributed by atoms with Gasteiger partial charge in [0, 0.05) is 16.3 Å². The minimum Gasteiger partial charge on any atom is -0.490 e. The molecule has 0 spiro atoms. The number of halogens is 1. The number of carbonyl (C=O) groups is 2. The number of nitriles is 1. The van der Waals surface area contributed by atoms with Crippen LogP contribution in [0.25, 0.3) is 6.08 Å². The number of nitrogens with zero attached hydrogens (tertiary/aromatic N) is 1. The highest BCUT2D eigenvalue weighted by atomic mass is 35.5. The molecule has 9 nitrogen and oxygen atoms in total. The average molecular weight is 581 g/mol. The van der Waals surface area contributed by atoms with Crippen LogP contribution in [0.2, 0.25) is 5.02 Å². The van der Waals surface area contributed by atoms with Gasteiger partial charge in [-0.1, -0.05) is 17.7 Å². The van der Waals surface area contributed by atoms with Gasteiger partial charge in [0.25, 0.3) is 5.91 Å². The second-order valence-electron chi connectivity index (χ2n) is 8.12. The molecule has 0 atom stereocenters. The lowest BCUT2D eigenvalue weighted by Crippen LogP contribution is -2.14. The zero-order chi connectivity index (χ0) is 29.3. The number of esters is 1. The first-order chi connectivity index (χ1) is 19.1. The van der Waals surface area contributed by atoms with Crippen molar-refractivity contribution in [1.82, 2.24) is 0 Å². The van der Waals surface area contributed by atoms with E-state index >= 15 is 0 Å². The lowest BCUT2D eigenvalue weighted by molar-refractivity contribution is -0.112. The molecule has 0 aromatic heterocycles. The fourth-order valence-corrected chi connectivity index (χ4v) is 4.61. The predicted molar refractivity (Wildman–Crippen MR) is 151 cm³/mol. The summed E-state index contributed by atoms with van der Waals surface area (Å²) in [5, 5.41) is 12.6. The predicted octanol–water partition coefficient (Wildman–Crippen LogP) is 5.57. The van der Waals surface area contributed by atoms with Crippen LogP contribution in [0.4, 0.5) is 5.69 Å². The molecular weight excluding hydrogens is 556 g/mol. The minimum absolute atomic E-state index is 0.0393. The van der Waals surface area contributed by atoms with E-state index in [0.717, 1.165) is 0 Å². The third kappa shape index (κ3) is 7.50. The van der Waals surface area contributed by atoms with Gasteiger partial charge in [-0.25, -0.2) is 4.79 Å². The molecule has 0 radical (unpaired) electrons. The summed E-state index contributed by atoms with van der Waals surface area (Å²) in [5.41, 5.74) is 1.23. The Balaban J connectivity index is 1.97. The Morgan fingerprint density at radius 1 is 1.10 bits per heavy atom. The maximum atomic E-state index is 13.0. The average Bonchev–Trinajstić information content (AvgIpc) is 2.93. The van der Waals surface area contributed by atoms with E-state index in [-0.39, 0.29) is 35.0 Å². The molecule has 0 aliphatic carbocycles. The van der Waals surface area contributed by atoms with Crippen molar-refractivity contribution < 1.29 is 31.7 Å². The van der Waals surface area contributed by atoms with E-state index < -0.39 is 22.0 Å². The van der Waals surface area contributed by atoms with Gasteiger partial charge in [-0.3, -0.25) is 4.79 Å². The molecule has 0 aliphatic rings. The number of anilines is 1. The van der Waals surface area contributed by atoms with Crippen molar-refractivity contribution in [3.05, 3.63) is 101 Å². The van der Waals surface area contributed by atoms with Crippen molar-refractivity contribution in [2.45, 2.75) is 18.2 Å². The zero-order valence-electron chi connectivity index (χ0n) is 21.6. The number of rotatable bonds is 11. The first-order valence-electron chi connectivity index (χ1n) is 11.8. The summed E-state index contributed by atoms with van der Waals surface area (Å²) >= 11 is 5.88. The van der Waals surface area contributed by atoms with Gasteiger partial charge >= 0.3 is 16.1 Å². The fourth-order valence-electron chi connectivity index (χ4n) is 3.51. The highest BCUT2D eigenvalue weighted by Gasteiger charge is 2.23. The molecule has 0 heterocycles. The van der Waals surface area contributed by atoms with Crippen LogP contribution in [0.1, 0.15) is 28.4 Å².